The number of phenols is 1. The first-order valence-electron chi connectivity index (χ1n) is 5.76. The molecule has 1 aliphatic rings. The fourth-order valence-electron chi connectivity index (χ4n) is 1.99. The molecule has 2 rings (SSSR count). The first kappa shape index (κ1) is 11.8. The van der Waals surface area contributed by atoms with E-state index in [0.717, 1.165) is 30.8 Å². The summed E-state index contributed by atoms with van der Waals surface area (Å²) in [4.78, 5) is 2.42. The van der Waals surface area contributed by atoms with Crippen LogP contribution in [0.5, 0.6) is 5.75 Å². The van der Waals surface area contributed by atoms with Gasteiger partial charge in [0.25, 0.3) is 0 Å². The van der Waals surface area contributed by atoms with Crippen molar-refractivity contribution in [1.82, 2.24) is 4.90 Å². The Bertz CT molecular complexity index is 372. The Morgan fingerprint density at radius 2 is 1.81 bits per heavy atom. The maximum Gasteiger partial charge on any atom is 0.120 e. The lowest BCUT2D eigenvalue weighted by Gasteiger charge is -2.26. The van der Waals surface area contributed by atoms with Crippen molar-refractivity contribution >= 4 is 11.8 Å². The Morgan fingerprint density at radius 1 is 1.19 bits per heavy atom. The number of aromatic hydroxyl groups is 1. The number of rotatable bonds is 2. The van der Waals surface area contributed by atoms with Crippen LogP contribution in [0.3, 0.4) is 0 Å². The number of hydrogen-bond acceptors (Lipinski definition) is 3. The van der Waals surface area contributed by atoms with Crippen molar-refractivity contribution in [2.24, 2.45) is 0 Å². The molecule has 0 spiro atoms. The molecule has 1 heterocycles. The van der Waals surface area contributed by atoms with E-state index < -0.39 is 0 Å². The van der Waals surface area contributed by atoms with E-state index in [1.807, 2.05) is 24.8 Å². The van der Waals surface area contributed by atoms with Crippen LogP contribution < -0.4 is 0 Å². The summed E-state index contributed by atoms with van der Waals surface area (Å²) in [5.41, 5.74) is 3.49. The van der Waals surface area contributed by atoms with E-state index in [0.29, 0.717) is 5.75 Å². The summed E-state index contributed by atoms with van der Waals surface area (Å²) in [7, 11) is 0. The van der Waals surface area contributed by atoms with Crippen molar-refractivity contribution < 1.29 is 5.11 Å². The molecule has 3 heteroatoms. The minimum Gasteiger partial charge on any atom is -0.508 e. The second kappa shape index (κ2) is 5.11. The van der Waals surface area contributed by atoms with E-state index in [-0.39, 0.29) is 0 Å². The second-order valence-corrected chi connectivity index (χ2v) is 5.68. The van der Waals surface area contributed by atoms with Crippen LogP contribution in [0.25, 0.3) is 0 Å². The van der Waals surface area contributed by atoms with Crippen LogP contribution >= 0.6 is 11.8 Å². The van der Waals surface area contributed by atoms with Crippen molar-refractivity contribution in [2.45, 2.75) is 20.4 Å². The van der Waals surface area contributed by atoms with Crippen LogP contribution in [-0.2, 0) is 6.54 Å². The summed E-state index contributed by atoms with van der Waals surface area (Å²) >= 11 is 2.01. The average Bonchev–Trinajstić information content (AvgIpc) is 2.27. The van der Waals surface area contributed by atoms with Gasteiger partial charge in [0.15, 0.2) is 0 Å². The lowest BCUT2D eigenvalue weighted by molar-refractivity contribution is 0.289. The molecule has 1 saturated heterocycles. The van der Waals surface area contributed by atoms with Gasteiger partial charge in [0.05, 0.1) is 0 Å². The molecule has 1 aromatic carbocycles. The van der Waals surface area contributed by atoms with Crippen molar-refractivity contribution in [3.05, 3.63) is 28.8 Å². The summed E-state index contributed by atoms with van der Waals surface area (Å²) in [6, 6.07) is 4.00. The van der Waals surface area contributed by atoms with Crippen LogP contribution in [0, 0.1) is 13.8 Å². The van der Waals surface area contributed by atoms with Gasteiger partial charge >= 0.3 is 0 Å². The predicted octanol–water partition coefficient (Wildman–Crippen LogP) is 2.56. The van der Waals surface area contributed by atoms with Gasteiger partial charge in [0.1, 0.15) is 5.75 Å². The highest BCUT2D eigenvalue weighted by atomic mass is 32.2. The van der Waals surface area contributed by atoms with Crippen molar-refractivity contribution in [2.75, 3.05) is 24.6 Å². The molecule has 0 aromatic heterocycles. The largest absolute Gasteiger partial charge is 0.508 e. The number of aryl methyl sites for hydroxylation is 2. The van der Waals surface area contributed by atoms with Gasteiger partial charge in [0.2, 0.25) is 0 Å². The molecule has 0 unspecified atom stereocenters. The minimum atomic E-state index is 0.446. The third kappa shape index (κ3) is 2.71. The van der Waals surface area contributed by atoms with Crippen molar-refractivity contribution in [1.29, 1.82) is 0 Å². The highest BCUT2D eigenvalue weighted by molar-refractivity contribution is 7.99. The van der Waals surface area contributed by atoms with E-state index in [1.54, 1.807) is 0 Å². The Balaban J connectivity index is 2.11. The number of thioether (sulfide) groups is 1. The second-order valence-electron chi connectivity index (χ2n) is 4.45. The Morgan fingerprint density at radius 3 is 2.50 bits per heavy atom. The third-order valence-corrected chi connectivity index (χ3v) is 4.14. The lowest BCUT2D eigenvalue weighted by atomic mass is 10.0. The van der Waals surface area contributed by atoms with Gasteiger partial charge in [0, 0.05) is 36.7 Å². The van der Waals surface area contributed by atoms with Gasteiger partial charge < -0.3 is 5.11 Å². The summed E-state index contributed by atoms with van der Waals surface area (Å²) < 4.78 is 0. The van der Waals surface area contributed by atoms with Crippen LogP contribution in [0.1, 0.15) is 16.7 Å². The number of hydrogen-bond donors (Lipinski definition) is 1. The monoisotopic (exact) mass is 237 g/mol. The van der Waals surface area contributed by atoms with Gasteiger partial charge in [-0.25, -0.2) is 0 Å². The van der Waals surface area contributed by atoms with E-state index in [1.165, 1.54) is 17.1 Å². The summed E-state index contributed by atoms with van der Waals surface area (Å²) in [6.07, 6.45) is 0. The molecule has 0 bridgehead atoms. The molecule has 1 N–H and O–H groups in total. The van der Waals surface area contributed by atoms with Crippen molar-refractivity contribution in [3.63, 3.8) is 0 Å². The van der Waals surface area contributed by atoms with Crippen LogP contribution in [0.15, 0.2) is 12.1 Å². The number of benzene rings is 1. The molecule has 1 aromatic rings. The van der Waals surface area contributed by atoms with E-state index in [9.17, 15) is 5.11 Å². The van der Waals surface area contributed by atoms with Crippen molar-refractivity contribution in [3.8, 4) is 5.75 Å². The maximum absolute atomic E-state index is 9.91. The summed E-state index contributed by atoms with van der Waals surface area (Å²) in [5, 5.41) is 9.91. The normalized spacial score (nSPS) is 17.6. The zero-order valence-corrected chi connectivity index (χ0v) is 10.8. The average molecular weight is 237 g/mol. The molecule has 1 fully saturated rings. The first-order chi connectivity index (χ1) is 7.66. The molecular formula is C13H19NOS. The Labute approximate surface area is 102 Å². The number of phenolic OH excluding ortho intramolecular Hbond substituents is 1. The zero-order valence-electron chi connectivity index (χ0n) is 9.99. The third-order valence-electron chi connectivity index (χ3n) is 3.19. The molecule has 88 valence electrons. The fourth-order valence-corrected chi connectivity index (χ4v) is 2.97. The first-order valence-corrected chi connectivity index (χ1v) is 6.91. The van der Waals surface area contributed by atoms with E-state index in [4.69, 9.17) is 0 Å². The van der Waals surface area contributed by atoms with E-state index in [2.05, 4.69) is 17.9 Å². The summed E-state index contributed by atoms with van der Waals surface area (Å²) in [6.45, 7) is 7.29. The smallest absolute Gasteiger partial charge is 0.120 e. The standard InChI is InChI=1S/C13H19NOS/c1-10-7-12(13(15)8-11(10)2)9-14-3-5-16-6-4-14/h7-8,15H,3-6,9H2,1-2H3. The van der Waals surface area contributed by atoms with Gasteiger partial charge in [-0.1, -0.05) is 6.07 Å². The van der Waals surface area contributed by atoms with Crippen LogP contribution in [0.2, 0.25) is 0 Å². The Hall–Kier alpha value is -0.670. The number of nitrogens with zero attached hydrogens (tertiary/aromatic N) is 1. The molecule has 0 aliphatic carbocycles. The molecule has 2 nitrogen and oxygen atoms in total. The quantitative estimate of drug-likeness (QED) is 0.855. The van der Waals surface area contributed by atoms with Crippen LogP contribution in [-0.4, -0.2) is 34.6 Å². The predicted molar refractivity (Wildman–Crippen MR) is 70.2 cm³/mol. The zero-order chi connectivity index (χ0) is 11.5. The molecular weight excluding hydrogens is 218 g/mol. The maximum atomic E-state index is 9.91. The molecule has 16 heavy (non-hydrogen) atoms. The molecule has 0 atom stereocenters. The molecule has 0 radical (unpaired) electrons. The highest BCUT2D eigenvalue weighted by Gasteiger charge is 2.13. The molecule has 0 amide bonds. The SMILES string of the molecule is Cc1cc(O)c(CN2CCSCC2)cc1C. The molecule has 1 aliphatic heterocycles. The topological polar surface area (TPSA) is 23.5 Å². The Kier molecular flexibility index (Phi) is 3.77. The molecule has 0 saturated carbocycles. The lowest BCUT2D eigenvalue weighted by Crippen LogP contribution is -2.32. The van der Waals surface area contributed by atoms with Gasteiger partial charge in [-0.3, -0.25) is 4.90 Å². The summed E-state index contributed by atoms with van der Waals surface area (Å²) in [5.74, 6) is 2.87. The van der Waals surface area contributed by atoms with Crippen LogP contribution in [0.4, 0.5) is 0 Å². The van der Waals surface area contributed by atoms with Gasteiger partial charge in [-0.05, 0) is 31.0 Å². The highest BCUT2D eigenvalue weighted by Crippen LogP contribution is 2.24. The minimum absolute atomic E-state index is 0.446. The fraction of sp³-hybridized carbons (Fsp3) is 0.538. The van der Waals surface area contributed by atoms with Gasteiger partial charge in [-0.2, -0.15) is 11.8 Å². The van der Waals surface area contributed by atoms with E-state index >= 15 is 0 Å². The van der Waals surface area contributed by atoms with Gasteiger partial charge in [-0.15, -0.1) is 0 Å².